The van der Waals surface area contributed by atoms with Crippen LogP contribution in [-0.2, 0) is 0 Å². The van der Waals surface area contributed by atoms with Crippen LogP contribution >= 0.6 is 0 Å². The lowest BCUT2D eigenvalue weighted by Crippen LogP contribution is -2.03. The van der Waals surface area contributed by atoms with Crippen LogP contribution in [-0.4, -0.2) is 14.0 Å². The SMILES string of the molecule is [B]c1cccc(OC2CC2)c1. The summed E-state index contributed by atoms with van der Waals surface area (Å²) >= 11 is 0. The van der Waals surface area contributed by atoms with Crippen LogP contribution in [0.2, 0.25) is 0 Å². The molecule has 0 spiro atoms. The van der Waals surface area contributed by atoms with Crippen molar-refractivity contribution in [2.75, 3.05) is 0 Å². The highest BCUT2D eigenvalue weighted by Crippen LogP contribution is 2.25. The van der Waals surface area contributed by atoms with Crippen LogP contribution in [0.3, 0.4) is 0 Å². The first kappa shape index (κ1) is 6.77. The highest BCUT2D eigenvalue weighted by molar-refractivity contribution is 6.32. The maximum absolute atomic E-state index is 5.57. The van der Waals surface area contributed by atoms with E-state index < -0.39 is 0 Å². The van der Waals surface area contributed by atoms with Gasteiger partial charge in [-0.3, -0.25) is 0 Å². The minimum Gasteiger partial charge on any atom is -0.490 e. The van der Waals surface area contributed by atoms with E-state index in [1.807, 2.05) is 24.3 Å². The molecule has 2 rings (SSSR count). The average Bonchev–Trinajstić information content (AvgIpc) is 2.71. The Morgan fingerprint density at radius 2 is 2.18 bits per heavy atom. The summed E-state index contributed by atoms with van der Waals surface area (Å²) in [5.74, 6) is 0.896. The summed E-state index contributed by atoms with van der Waals surface area (Å²) in [4.78, 5) is 0. The molecular weight excluding hydrogens is 135 g/mol. The number of hydrogen-bond donors (Lipinski definition) is 0. The van der Waals surface area contributed by atoms with Crippen LogP contribution in [0.25, 0.3) is 0 Å². The monoisotopic (exact) mass is 144 g/mol. The number of ether oxygens (including phenoxy) is 1. The molecule has 0 N–H and O–H groups in total. The van der Waals surface area contributed by atoms with Crippen LogP contribution in [0.1, 0.15) is 12.8 Å². The Kier molecular flexibility index (Phi) is 1.61. The number of rotatable bonds is 2. The predicted octanol–water partition coefficient (Wildman–Crippen LogP) is 1.02. The van der Waals surface area contributed by atoms with Gasteiger partial charge in [-0.15, -0.1) is 0 Å². The van der Waals surface area contributed by atoms with Gasteiger partial charge in [0.25, 0.3) is 0 Å². The van der Waals surface area contributed by atoms with Crippen molar-refractivity contribution in [3.8, 4) is 5.75 Å². The van der Waals surface area contributed by atoms with Gasteiger partial charge in [0.15, 0.2) is 0 Å². The van der Waals surface area contributed by atoms with E-state index in [1.54, 1.807) is 0 Å². The topological polar surface area (TPSA) is 9.23 Å². The Bertz CT molecular complexity index is 255. The summed E-state index contributed by atoms with van der Waals surface area (Å²) in [6.45, 7) is 0. The summed E-state index contributed by atoms with van der Waals surface area (Å²) in [5.41, 5.74) is 0.767. The fourth-order valence-corrected chi connectivity index (χ4v) is 0.966. The van der Waals surface area contributed by atoms with Gasteiger partial charge in [-0.05, 0) is 25.0 Å². The third-order valence-corrected chi connectivity index (χ3v) is 1.69. The van der Waals surface area contributed by atoms with E-state index in [-0.39, 0.29) is 0 Å². The van der Waals surface area contributed by atoms with Crippen molar-refractivity contribution in [2.45, 2.75) is 18.9 Å². The summed E-state index contributed by atoms with van der Waals surface area (Å²) in [6.07, 6.45) is 2.83. The summed E-state index contributed by atoms with van der Waals surface area (Å²) in [5, 5.41) is 0. The zero-order chi connectivity index (χ0) is 7.68. The molecule has 11 heavy (non-hydrogen) atoms. The Labute approximate surface area is 67.8 Å². The lowest BCUT2D eigenvalue weighted by molar-refractivity contribution is 0.303. The lowest BCUT2D eigenvalue weighted by atomic mass is 9.96. The Morgan fingerprint density at radius 3 is 2.82 bits per heavy atom. The van der Waals surface area contributed by atoms with Gasteiger partial charge in [0.05, 0.1) is 6.10 Å². The molecule has 0 aliphatic heterocycles. The Morgan fingerprint density at radius 1 is 1.36 bits per heavy atom. The zero-order valence-electron chi connectivity index (χ0n) is 6.29. The molecular formula is C9H9BO. The van der Waals surface area contributed by atoms with Crippen molar-refractivity contribution in [1.29, 1.82) is 0 Å². The second-order valence-electron chi connectivity index (χ2n) is 2.89. The van der Waals surface area contributed by atoms with Crippen molar-refractivity contribution in [3.05, 3.63) is 24.3 Å². The van der Waals surface area contributed by atoms with Gasteiger partial charge in [-0.2, -0.15) is 0 Å². The second-order valence-corrected chi connectivity index (χ2v) is 2.89. The average molecular weight is 144 g/mol. The summed E-state index contributed by atoms with van der Waals surface area (Å²) < 4.78 is 5.53. The van der Waals surface area contributed by atoms with E-state index in [0.717, 1.165) is 11.2 Å². The van der Waals surface area contributed by atoms with E-state index >= 15 is 0 Å². The minimum absolute atomic E-state index is 0.455. The van der Waals surface area contributed by atoms with Crippen molar-refractivity contribution < 1.29 is 4.74 Å². The Balaban J connectivity index is 2.10. The van der Waals surface area contributed by atoms with Crippen molar-refractivity contribution in [2.24, 2.45) is 0 Å². The van der Waals surface area contributed by atoms with E-state index in [9.17, 15) is 0 Å². The fraction of sp³-hybridized carbons (Fsp3) is 0.333. The largest absolute Gasteiger partial charge is 0.490 e. The molecule has 1 aromatic carbocycles. The molecule has 1 aromatic rings. The molecule has 1 saturated carbocycles. The molecule has 1 aliphatic carbocycles. The van der Waals surface area contributed by atoms with Gasteiger partial charge in [0.2, 0.25) is 0 Å². The predicted molar refractivity (Wildman–Crippen MR) is 45.5 cm³/mol. The van der Waals surface area contributed by atoms with E-state index in [2.05, 4.69) is 0 Å². The van der Waals surface area contributed by atoms with Gasteiger partial charge in [0, 0.05) is 0 Å². The van der Waals surface area contributed by atoms with Crippen LogP contribution in [0.4, 0.5) is 0 Å². The molecule has 2 radical (unpaired) electrons. The first-order chi connectivity index (χ1) is 5.34. The smallest absolute Gasteiger partial charge is 0.119 e. The summed E-state index contributed by atoms with van der Waals surface area (Å²) in [7, 11) is 5.57. The second kappa shape index (κ2) is 2.61. The molecule has 1 aliphatic rings. The first-order valence-electron chi connectivity index (χ1n) is 3.87. The maximum atomic E-state index is 5.57. The molecule has 0 amide bonds. The van der Waals surface area contributed by atoms with Crippen LogP contribution in [0.15, 0.2) is 24.3 Å². The molecule has 1 nitrogen and oxygen atoms in total. The van der Waals surface area contributed by atoms with Crippen LogP contribution < -0.4 is 10.2 Å². The first-order valence-corrected chi connectivity index (χ1v) is 3.87. The van der Waals surface area contributed by atoms with Gasteiger partial charge in [-0.1, -0.05) is 17.6 Å². The summed E-state index contributed by atoms with van der Waals surface area (Å²) in [6, 6.07) is 7.57. The molecule has 0 bridgehead atoms. The van der Waals surface area contributed by atoms with Gasteiger partial charge in [0.1, 0.15) is 13.6 Å². The van der Waals surface area contributed by atoms with Crippen molar-refractivity contribution >= 4 is 13.3 Å². The quantitative estimate of drug-likeness (QED) is 0.563. The van der Waals surface area contributed by atoms with E-state index in [0.29, 0.717) is 6.10 Å². The van der Waals surface area contributed by atoms with Gasteiger partial charge in [-0.25, -0.2) is 0 Å². The molecule has 2 heteroatoms. The number of hydrogen-bond acceptors (Lipinski definition) is 1. The minimum atomic E-state index is 0.455. The molecule has 0 saturated heterocycles. The molecule has 0 heterocycles. The van der Waals surface area contributed by atoms with Crippen LogP contribution in [0.5, 0.6) is 5.75 Å². The third kappa shape index (κ3) is 1.76. The fourth-order valence-electron chi connectivity index (χ4n) is 0.966. The molecule has 1 fully saturated rings. The molecule has 54 valence electrons. The molecule has 0 atom stereocenters. The lowest BCUT2D eigenvalue weighted by Gasteiger charge is -2.03. The van der Waals surface area contributed by atoms with Crippen molar-refractivity contribution in [1.82, 2.24) is 0 Å². The molecule has 0 aromatic heterocycles. The highest BCUT2D eigenvalue weighted by Gasteiger charge is 2.23. The van der Waals surface area contributed by atoms with Gasteiger partial charge >= 0.3 is 0 Å². The third-order valence-electron chi connectivity index (χ3n) is 1.69. The van der Waals surface area contributed by atoms with Crippen LogP contribution in [0, 0.1) is 0 Å². The zero-order valence-corrected chi connectivity index (χ0v) is 6.29. The normalized spacial score (nSPS) is 16.4. The van der Waals surface area contributed by atoms with E-state index in [1.165, 1.54) is 12.8 Å². The van der Waals surface area contributed by atoms with Gasteiger partial charge < -0.3 is 4.74 Å². The highest BCUT2D eigenvalue weighted by atomic mass is 16.5. The molecule has 0 unspecified atom stereocenters. The standard InChI is InChI=1S/C9H9BO/c10-7-2-1-3-9(6-7)11-8-4-5-8/h1-3,6,8H,4-5H2. The maximum Gasteiger partial charge on any atom is 0.119 e. The Hall–Kier alpha value is -0.915. The van der Waals surface area contributed by atoms with Crippen molar-refractivity contribution in [3.63, 3.8) is 0 Å². The van der Waals surface area contributed by atoms with E-state index in [4.69, 9.17) is 12.6 Å². The number of benzene rings is 1.